The lowest BCUT2D eigenvalue weighted by Crippen LogP contribution is -2.12. The van der Waals surface area contributed by atoms with Crippen molar-refractivity contribution in [2.75, 3.05) is 0 Å². The third-order valence-electron chi connectivity index (χ3n) is 2.85. The summed E-state index contributed by atoms with van der Waals surface area (Å²) in [5.74, 6) is 0. The molecule has 104 valence electrons. The molecular formula is C13H19ClN4S. The van der Waals surface area contributed by atoms with Gasteiger partial charge in [0.1, 0.15) is 10.7 Å². The molecule has 0 spiro atoms. The Bertz CT molecular complexity index is 541. The highest BCUT2D eigenvalue weighted by molar-refractivity contribution is 7.09. The first kappa shape index (κ1) is 14.5. The summed E-state index contributed by atoms with van der Waals surface area (Å²) < 4.78 is 1.80. The molecule has 0 amide bonds. The smallest absolute Gasteiger partial charge is 0.114 e. The maximum atomic E-state index is 6.14. The van der Waals surface area contributed by atoms with Crippen LogP contribution in [0, 0.1) is 0 Å². The molecule has 19 heavy (non-hydrogen) atoms. The van der Waals surface area contributed by atoms with Crippen LogP contribution in [0.4, 0.5) is 0 Å². The number of halogens is 1. The predicted octanol–water partition coefficient (Wildman–Crippen LogP) is 3.77. The molecule has 1 atom stereocenters. The van der Waals surface area contributed by atoms with E-state index >= 15 is 0 Å². The van der Waals surface area contributed by atoms with E-state index in [1.807, 2.05) is 13.1 Å². The maximum absolute atomic E-state index is 6.14. The molecule has 0 aliphatic rings. The van der Waals surface area contributed by atoms with Gasteiger partial charge in [0.15, 0.2) is 0 Å². The Morgan fingerprint density at radius 2 is 2.16 bits per heavy atom. The van der Waals surface area contributed by atoms with Crippen molar-refractivity contribution in [1.82, 2.24) is 20.0 Å². The molecule has 0 aliphatic heterocycles. The molecule has 0 radical (unpaired) electrons. The van der Waals surface area contributed by atoms with E-state index in [4.69, 9.17) is 11.6 Å². The SMILES string of the molecule is CCC(Cl)c1cn(Cc2nc(C(C)(C)C)cs2)nn1. The molecule has 2 heterocycles. The highest BCUT2D eigenvalue weighted by atomic mass is 35.5. The van der Waals surface area contributed by atoms with Gasteiger partial charge in [-0.25, -0.2) is 9.67 Å². The van der Waals surface area contributed by atoms with Gasteiger partial charge in [0, 0.05) is 10.8 Å². The van der Waals surface area contributed by atoms with E-state index in [9.17, 15) is 0 Å². The van der Waals surface area contributed by atoms with E-state index in [0.717, 1.165) is 22.8 Å². The summed E-state index contributed by atoms with van der Waals surface area (Å²) in [4.78, 5) is 4.65. The number of nitrogens with zero attached hydrogens (tertiary/aromatic N) is 4. The standard InChI is InChI=1S/C13H19ClN4S/c1-5-9(14)10-6-18(17-16-10)7-12-15-11(8-19-12)13(2,3)4/h6,8-9H,5,7H2,1-4H3. The van der Waals surface area contributed by atoms with E-state index in [2.05, 4.69) is 41.4 Å². The molecule has 4 nitrogen and oxygen atoms in total. The fourth-order valence-electron chi connectivity index (χ4n) is 1.61. The molecule has 2 rings (SSSR count). The van der Waals surface area contributed by atoms with Crippen LogP contribution in [0.1, 0.15) is 55.9 Å². The summed E-state index contributed by atoms with van der Waals surface area (Å²) in [6.45, 7) is 9.18. The van der Waals surface area contributed by atoms with Gasteiger partial charge in [-0.1, -0.05) is 32.9 Å². The van der Waals surface area contributed by atoms with Gasteiger partial charge in [0.2, 0.25) is 0 Å². The van der Waals surface area contributed by atoms with Crippen LogP contribution in [-0.2, 0) is 12.0 Å². The Labute approximate surface area is 122 Å². The first-order valence-corrected chi connectivity index (χ1v) is 7.70. The largest absolute Gasteiger partial charge is 0.245 e. The van der Waals surface area contributed by atoms with Crippen molar-refractivity contribution in [3.8, 4) is 0 Å². The van der Waals surface area contributed by atoms with Gasteiger partial charge in [-0.3, -0.25) is 0 Å². The summed E-state index contributed by atoms with van der Waals surface area (Å²) in [6, 6.07) is 0. The molecule has 0 N–H and O–H groups in total. The van der Waals surface area contributed by atoms with Crippen LogP contribution < -0.4 is 0 Å². The lowest BCUT2D eigenvalue weighted by Gasteiger charge is -2.14. The van der Waals surface area contributed by atoms with Crippen LogP contribution in [0.2, 0.25) is 0 Å². The molecule has 0 aliphatic carbocycles. The summed E-state index contributed by atoms with van der Waals surface area (Å²) in [6.07, 6.45) is 2.75. The van der Waals surface area contributed by atoms with Crippen molar-refractivity contribution in [2.24, 2.45) is 0 Å². The van der Waals surface area contributed by atoms with Gasteiger partial charge in [-0.15, -0.1) is 28.0 Å². The van der Waals surface area contributed by atoms with Crippen LogP contribution in [0.15, 0.2) is 11.6 Å². The molecule has 1 unspecified atom stereocenters. The summed E-state index contributed by atoms with van der Waals surface area (Å²) in [5.41, 5.74) is 2.04. The highest BCUT2D eigenvalue weighted by Gasteiger charge is 2.18. The molecule has 0 saturated carbocycles. The Morgan fingerprint density at radius 3 is 2.74 bits per heavy atom. The van der Waals surface area contributed by atoms with Crippen LogP contribution >= 0.6 is 22.9 Å². The summed E-state index contributed by atoms with van der Waals surface area (Å²) >= 11 is 7.80. The number of thiazole rings is 1. The zero-order valence-electron chi connectivity index (χ0n) is 11.7. The minimum absolute atomic E-state index is 0.0600. The molecule has 0 aromatic carbocycles. The minimum atomic E-state index is -0.0600. The number of aromatic nitrogens is 4. The second-order valence-corrected chi connectivity index (χ2v) is 7.06. The van der Waals surface area contributed by atoms with Gasteiger partial charge in [-0.05, 0) is 6.42 Å². The Kier molecular flexibility index (Phi) is 4.26. The second-order valence-electron chi connectivity index (χ2n) is 5.59. The quantitative estimate of drug-likeness (QED) is 0.807. The topological polar surface area (TPSA) is 43.6 Å². The van der Waals surface area contributed by atoms with Crippen molar-refractivity contribution < 1.29 is 0 Å². The Morgan fingerprint density at radius 1 is 1.42 bits per heavy atom. The van der Waals surface area contributed by atoms with Crippen molar-refractivity contribution in [3.05, 3.63) is 28.0 Å². The zero-order valence-corrected chi connectivity index (χ0v) is 13.3. The number of alkyl halides is 1. The van der Waals surface area contributed by atoms with E-state index in [1.54, 1.807) is 16.0 Å². The van der Waals surface area contributed by atoms with Gasteiger partial charge < -0.3 is 0 Å². The molecule has 6 heteroatoms. The van der Waals surface area contributed by atoms with Crippen LogP contribution in [0.5, 0.6) is 0 Å². The fourth-order valence-corrected chi connectivity index (χ4v) is 2.72. The summed E-state index contributed by atoms with van der Waals surface area (Å²) in [5, 5.41) is 11.3. The monoisotopic (exact) mass is 298 g/mol. The van der Waals surface area contributed by atoms with Crippen molar-refractivity contribution in [3.63, 3.8) is 0 Å². The predicted molar refractivity (Wildman–Crippen MR) is 78.8 cm³/mol. The normalized spacial score (nSPS) is 13.7. The van der Waals surface area contributed by atoms with E-state index < -0.39 is 0 Å². The first-order valence-electron chi connectivity index (χ1n) is 6.39. The molecular weight excluding hydrogens is 280 g/mol. The number of hydrogen-bond donors (Lipinski definition) is 0. The summed E-state index contributed by atoms with van der Waals surface area (Å²) in [7, 11) is 0. The number of rotatable bonds is 4. The van der Waals surface area contributed by atoms with E-state index in [-0.39, 0.29) is 10.8 Å². The van der Waals surface area contributed by atoms with Gasteiger partial charge >= 0.3 is 0 Å². The lowest BCUT2D eigenvalue weighted by atomic mass is 9.93. The van der Waals surface area contributed by atoms with Crippen LogP contribution in [0.25, 0.3) is 0 Å². The Balaban J connectivity index is 2.09. The van der Waals surface area contributed by atoms with E-state index in [1.165, 1.54) is 0 Å². The lowest BCUT2D eigenvalue weighted by molar-refractivity contribution is 0.566. The average Bonchev–Trinajstić information content (AvgIpc) is 2.97. The minimum Gasteiger partial charge on any atom is -0.245 e. The molecule has 2 aromatic heterocycles. The van der Waals surface area contributed by atoms with Crippen molar-refractivity contribution >= 4 is 22.9 Å². The van der Waals surface area contributed by atoms with Crippen LogP contribution in [0.3, 0.4) is 0 Å². The maximum Gasteiger partial charge on any atom is 0.114 e. The molecule has 0 saturated heterocycles. The fraction of sp³-hybridized carbons (Fsp3) is 0.615. The Hall–Kier alpha value is -0.940. The second kappa shape index (κ2) is 5.59. The molecule has 0 bridgehead atoms. The number of hydrogen-bond acceptors (Lipinski definition) is 4. The average molecular weight is 299 g/mol. The van der Waals surface area contributed by atoms with Crippen molar-refractivity contribution in [2.45, 2.75) is 51.5 Å². The molecule has 0 fully saturated rings. The highest BCUT2D eigenvalue weighted by Crippen LogP contribution is 2.25. The zero-order chi connectivity index (χ0) is 14.0. The third-order valence-corrected chi connectivity index (χ3v) is 4.22. The third kappa shape index (κ3) is 3.54. The first-order chi connectivity index (χ1) is 8.90. The van der Waals surface area contributed by atoms with Gasteiger partial charge in [-0.2, -0.15) is 0 Å². The van der Waals surface area contributed by atoms with Crippen LogP contribution in [-0.4, -0.2) is 20.0 Å². The van der Waals surface area contributed by atoms with Crippen molar-refractivity contribution in [1.29, 1.82) is 0 Å². The molecule has 2 aromatic rings. The van der Waals surface area contributed by atoms with Gasteiger partial charge in [0.05, 0.1) is 23.8 Å². The van der Waals surface area contributed by atoms with Gasteiger partial charge in [0.25, 0.3) is 0 Å². The van der Waals surface area contributed by atoms with E-state index in [0.29, 0.717) is 6.54 Å².